The van der Waals surface area contributed by atoms with Crippen LogP contribution in [0.4, 0.5) is 0 Å². The molecule has 3 heteroatoms. The first kappa shape index (κ1) is 12.4. The maximum Gasteiger partial charge on any atom is 0.219 e. The number of rotatable bonds is 1. The first-order valence-electron chi connectivity index (χ1n) is 6.04. The van der Waals surface area contributed by atoms with Crippen molar-refractivity contribution >= 4 is 5.78 Å². The number of carbonyl (C=O) groups excluding carboxylic acids is 1. The summed E-state index contributed by atoms with van der Waals surface area (Å²) in [6.45, 7) is 6.53. The number of ether oxygens (including phenoxy) is 2. The summed E-state index contributed by atoms with van der Waals surface area (Å²) in [6.07, 6.45) is 7.38. The van der Waals surface area contributed by atoms with Crippen LogP contribution in [0.3, 0.4) is 0 Å². The van der Waals surface area contributed by atoms with Crippen LogP contribution in [0.1, 0.15) is 33.6 Å². The third-order valence-electron chi connectivity index (χ3n) is 3.48. The minimum Gasteiger partial charge on any atom is -0.493 e. The highest BCUT2D eigenvalue weighted by Crippen LogP contribution is 2.42. The zero-order chi connectivity index (χ0) is 12.7. The Morgan fingerprint density at radius 1 is 1.47 bits per heavy atom. The van der Waals surface area contributed by atoms with Crippen LogP contribution in [-0.2, 0) is 14.3 Å². The third-order valence-corrected chi connectivity index (χ3v) is 3.48. The highest BCUT2D eigenvalue weighted by Gasteiger charge is 2.43. The molecule has 0 aromatic heterocycles. The lowest BCUT2D eigenvalue weighted by Gasteiger charge is -2.31. The van der Waals surface area contributed by atoms with Gasteiger partial charge in [-0.2, -0.15) is 0 Å². The first-order valence-corrected chi connectivity index (χ1v) is 6.04. The molecule has 2 aliphatic rings. The van der Waals surface area contributed by atoms with Crippen molar-refractivity contribution in [1.82, 2.24) is 0 Å². The molecule has 1 heterocycles. The highest BCUT2D eigenvalue weighted by molar-refractivity contribution is 6.03. The Kier molecular flexibility index (Phi) is 2.90. The average molecular weight is 236 g/mol. The van der Waals surface area contributed by atoms with Gasteiger partial charge in [0.1, 0.15) is 5.60 Å². The van der Waals surface area contributed by atoms with E-state index in [1.54, 1.807) is 6.08 Å². The Hall–Kier alpha value is -1.09. The van der Waals surface area contributed by atoms with Gasteiger partial charge in [-0.15, -0.1) is 0 Å². The van der Waals surface area contributed by atoms with Gasteiger partial charge in [0.2, 0.25) is 5.78 Å². The Bertz CT molecular complexity index is 387. The Balaban J connectivity index is 2.21. The first-order chi connectivity index (χ1) is 7.86. The highest BCUT2D eigenvalue weighted by atomic mass is 16.5. The van der Waals surface area contributed by atoms with Crippen molar-refractivity contribution in [3.63, 3.8) is 0 Å². The standard InChI is InChI=1S/C14H20O3/c1-13(2,3)12-6-8-14(17-12)7-5-10(15)11(9-14)16-4/h5,7,9,12H,6,8H2,1-4H3/t12?,14-/m1/s1. The van der Waals surface area contributed by atoms with Crippen LogP contribution in [0.15, 0.2) is 24.0 Å². The molecule has 1 spiro atoms. The topological polar surface area (TPSA) is 35.5 Å². The fourth-order valence-corrected chi connectivity index (χ4v) is 2.38. The lowest BCUT2D eigenvalue weighted by atomic mass is 9.86. The molecule has 0 aromatic rings. The lowest BCUT2D eigenvalue weighted by Crippen LogP contribution is -2.33. The molecule has 0 radical (unpaired) electrons. The van der Waals surface area contributed by atoms with Gasteiger partial charge in [-0.1, -0.05) is 20.8 Å². The monoisotopic (exact) mass is 236 g/mol. The summed E-state index contributed by atoms with van der Waals surface area (Å²) in [5, 5.41) is 0. The van der Waals surface area contributed by atoms with Crippen LogP contribution in [0.5, 0.6) is 0 Å². The van der Waals surface area contributed by atoms with Crippen LogP contribution < -0.4 is 0 Å². The maximum absolute atomic E-state index is 11.5. The lowest BCUT2D eigenvalue weighted by molar-refractivity contribution is -0.115. The molecule has 94 valence electrons. The van der Waals surface area contributed by atoms with Crippen LogP contribution in [0.25, 0.3) is 0 Å². The van der Waals surface area contributed by atoms with Crippen LogP contribution in [0.2, 0.25) is 0 Å². The summed E-state index contributed by atoms with van der Waals surface area (Å²) in [5.74, 6) is 0.308. The van der Waals surface area contributed by atoms with Crippen molar-refractivity contribution in [1.29, 1.82) is 0 Å². The van der Waals surface area contributed by atoms with Crippen molar-refractivity contribution in [3.8, 4) is 0 Å². The van der Waals surface area contributed by atoms with Crippen molar-refractivity contribution in [2.75, 3.05) is 7.11 Å². The van der Waals surface area contributed by atoms with E-state index < -0.39 is 5.60 Å². The molecule has 2 rings (SSSR count). The molecule has 1 saturated heterocycles. The van der Waals surface area contributed by atoms with Gasteiger partial charge in [-0.25, -0.2) is 0 Å². The molecular weight excluding hydrogens is 216 g/mol. The van der Waals surface area contributed by atoms with Gasteiger partial charge in [0.05, 0.1) is 13.2 Å². The van der Waals surface area contributed by atoms with E-state index in [1.807, 2.05) is 12.2 Å². The molecule has 1 fully saturated rings. The molecule has 2 atom stereocenters. The summed E-state index contributed by atoms with van der Waals surface area (Å²) in [6, 6.07) is 0. The normalized spacial score (nSPS) is 33.1. The molecule has 0 aromatic carbocycles. The summed E-state index contributed by atoms with van der Waals surface area (Å²) >= 11 is 0. The van der Waals surface area contributed by atoms with E-state index in [0.717, 1.165) is 12.8 Å². The van der Waals surface area contributed by atoms with Crippen molar-refractivity contribution in [2.45, 2.75) is 45.3 Å². The molecule has 17 heavy (non-hydrogen) atoms. The zero-order valence-corrected chi connectivity index (χ0v) is 10.9. The van der Waals surface area contributed by atoms with E-state index in [-0.39, 0.29) is 17.3 Å². The Labute approximate surface area is 102 Å². The summed E-state index contributed by atoms with van der Waals surface area (Å²) in [7, 11) is 1.52. The number of hydrogen-bond donors (Lipinski definition) is 0. The number of methoxy groups -OCH3 is 1. The predicted octanol–water partition coefficient (Wildman–Crippen LogP) is 2.62. The minimum absolute atomic E-state index is 0.0825. The fourth-order valence-electron chi connectivity index (χ4n) is 2.38. The van der Waals surface area contributed by atoms with Gasteiger partial charge < -0.3 is 9.47 Å². The molecule has 3 nitrogen and oxygen atoms in total. The van der Waals surface area contributed by atoms with Crippen molar-refractivity contribution in [3.05, 3.63) is 24.0 Å². The molecule has 0 N–H and O–H groups in total. The average Bonchev–Trinajstić information content (AvgIpc) is 2.66. The molecule has 0 amide bonds. The molecule has 0 saturated carbocycles. The molecule has 1 unspecified atom stereocenters. The molecule has 1 aliphatic carbocycles. The van der Waals surface area contributed by atoms with Gasteiger partial charge in [0.15, 0.2) is 5.76 Å². The summed E-state index contributed by atoms with van der Waals surface area (Å²) < 4.78 is 11.2. The van der Waals surface area contributed by atoms with E-state index in [9.17, 15) is 4.79 Å². The van der Waals surface area contributed by atoms with Gasteiger partial charge in [0, 0.05) is 0 Å². The molecular formula is C14H20O3. The van der Waals surface area contributed by atoms with Crippen molar-refractivity contribution in [2.24, 2.45) is 5.41 Å². The van der Waals surface area contributed by atoms with Gasteiger partial charge in [0.25, 0.3) is 0 Å². The third kappa shape index (κ3) is 2.29. The minimum atomic E-state index is -0.433. The maximum atomic E-state index is 11.5. The number of ketones is 1. The summed E-state index contributed by atoms with van der Waals surface area (Å²) in [4.78, 5) is 11.5. The largest absolute Gasteiger partial charge is 0.493 e. The van der Waals surface area contributed by atoms with Gasteiger partial charge >= 0.3 is 0 Å². The number of carbonyl (C=O) groups is 1. The van der Waals surface area contributed by atoms with E-state index in [0.29, 0.717) is 5.76 Å². The smallest absolute Gasteiger partial charge is 0.219 e. The van der Waals surface area contributed by atoms with E-state index in [1.165, 1.54) is 7.11 Å². The number of allylic oxidation sites excluding steroid dienone is 1. The fraction of sp³-hybridized carbons (Fsp3) is 0.643. The quantitative estimate of drug-likeness (QED) is 0.702. The summed E-state index contributed by atoms with van der Waals surface area (Å²) in [5.41, 5.74) is -0.308. The second-order valence-electron chi connectivity index (χ2n) is 5.88. The number of hydrogen-bond acceptors (Lipinski definition) is 3. The molecule has 0 bridgehead atoms. The SMILES string of the molecule is COC1=C[C@@]2(C=CC1=O)CCC(C(C)(C)C)O2. The zero-order valence-electron chi connectivity index (χ0n) is 10.9. The van der Waals surface area contributed by atoms with E-state index in [4.69, 9.17) is 9.47 Å². The Morgan fingerprint density at radius 3 is 2.71 bits per heavy atom. The van der Waals surface area contributed by atoms with E-state index in [2.05, 4.69) is 20.8 Å². The predicted molar refractivity (Wildman–Crippen MR) is 65.5 cm³/mol. The van der Waals surface area contributed by atoms with Crippen LogP contribution >= 0.6 is 0 Å². The molecule has 1 aliphatic heterocycles. The van der Waals surface area contributed by atoms with Gasteiger partial charge in [-0.3, -0.25) is 4.79 Å². The van der Waals surface area contributed by atoms with E-state index >= 15 is 0 Å². The van der Waals surface area contributed by atoms with Crippen LogP contribution in [0, 0.1) is 5.41 Å². The van der Waals surface area contributed by atoms with Crippen molar-refractivity contribution < 1.29 is 14.3 Å². The second kappa shape index (κ2) is 3.98. The Morgan fingerprint density at radius 2 is 2.18 bits per heavy atom. The van der Waals surface area contributed by atoms with Gasteiger partial charge in [-0.05, 0) is 36.5 Å². The second-order valence-corrected chi connectivity index (χ2v) is 5.88. The van der Waals surface area contributed by atoms with Crippen LogP contribution in [-0.4, -0.2) is 24.6 Å².